The largest absolute Gasteiger partial charge is 0.489 e. The standard InChI is InChI=1S/C23H20Cl2FNO2S/c24-21-10-5-18(11-22(21)25)14-30-15-23(28)27-12-16-3-8-20(9-4-16)29-13-17-1-6-19(26)7-2-17/h1-11H,12-15H2,(H,27,28). The van der Waals surface area contributed by atoms with Gasteiger partial charge in [0.1, 0.15) is 18.2 Å². The molecule has 0 saturated carbocycles. The third-order valence-electron chi connectivity index (χ3n) is 4.22. The van der Waals surface area contributed by atoms with Crippen LogP contribution >= 0.6 is 35.0 Å². The normalized spacial score (nSPS) is 10.6. The zero-order valence-electron chi connectivity index (χ0n) is 16.0. The summed E-state index contributed by atoms with van der Waals surface area (Å²) >= 11 is 13.4. The zero-order chi connectivity index (χ0) is 21.3. The summed E-state index contributed by atoms with van der Waals surface area (Å²) in [5, 5.41) is 3.95. The number of benzene rings is 3. The first-order valence-electron chi connectivity index (χ1n) is 9.24. The van der Waals surface area contributed by atoms with E-state index in [-0.39, 0.29) is 11.7 Å². The molecule has 0 saturated heterocycles. The molecule has 0 fully saturated rings. The van der Waals surface area contributed by atoms with Gasteiger partial charge in [-0.05, 0) is 53.1 Å². The number of amides is 1. The van der Waals surface area contributed by atoms with Gasteiger partial charge in [-0.1, -0.05) is 53.5 Å². The molecule has 0 unspecified atom stereocenters. The average molecular weight is 464 g/mol. The maximum Gasteiger partial charge on any atom is 0.230 e. The Hall–Kier alpha value is -2.21. The van der Waals surface area contributed by atoms with Crippen LogP contribution in [0.2, 0.25) is 10.0 Å². The molecule has 3 rings (SSSR count). The fraction of sp³-hybridized carbons (Fsp3) is 0.174. The van der Waals surface area contributed by atoms with E-state index in [1.807, 2.05) is 36.4 Å². The quantitative estimate of drug-likeness (QED) is 0.406. The summed E-state index contributed by atoms with van der Waals surface area (Å²) in [7, 11) is 0. The maximum absolute atomic E-state index is 12.9. The van der Waals surface area contributed by atoms with Crippen LogP contribution < -0.4 is 10.1 Å². The van der Waals surface area contributed by atoms with Gasteiger partial charge >= 0.3 is 0 Å². The predicted octanol–water partition coefficient (Wildman–Crippen LogP) is 6.26. The van der Waals surface area contributed by atoms with E-state index in [0.717, 1.165) is 16.7 Å². The van der Waals surface area contributed by atoms with Crippen molar-refractivity contribution in [3.8, 4) is 5.75 Å². The van der Waals surface area contributed by atoms with Crippen LogP contribution in [0.4, 0.5) is 4.39 Å². The second-order valence-corrected chi connectivity index (χ2v) is 8.38. The van der Waals surface area contributed by atoms with E-state index < -0.39 is 0 Å². The minimum atomic E-state index is -0.266. The summed E-state index contributed by atoms with van der Waals surface area (Å²) in [4.78, 5) is 12.0. The summed E-state index contributed by atoms with van der Waals surface area (Å²) in [6.45, 7) is 0.816. The SMILES string of the molecule is O=C(CSCc1ccc(Cl)c(Cl)c1)NCc1ccc(OCc2ccc(F)cc2)cc1. The minimum Gasteiger partial charge on any atom is -0.489 e. The minimum absolute atomic E-state index is 0.0308. The van der Waals surface area contributed by atoms with Gasteiger partial charge in [-0.2, -0.15) is 0 Å². The van der Waals surface area contributed by atoms with E-state index in [9.17, 15) is 9.18 Å². The van der Waals surface area contributed by atoms with Crippen LogP contribution in [0.5, 0.6) is 5.75 Å². The second-order valence-electron chi connectivity index (χ2n) is 6.58. The van der Waals surface area contributed by atoms with Gasteiger partial charge in [0.05, 0.1) is 15.8 Å². The number of carbonyl (C=O) groups excluding carboxylic acids is 1. The molecule has 0 aromatic heterocycles. The molecule has 0 bridgehead atoms. The zero-order valence-corrected chi connectivity index (χ0v) is 18.4. The van der Waals surface area contributed by atoms with Gasteiger partial charge in [-0.25, -0.2) is 4.39 Å². The highest BCUT2D eigenvalue weighted by atomic mass is 35.5. The van der Waals surface area contributed by atoms with Crippen LogP contribution in [0.25, 0.3) is 0 Å². The van der Waals surface area contributed by atoms with Crippen LogP contribution in [0.15, 0.2) is 66.7 Å². The van der Waals surface area contributed by atoms with Crippen molar-refractivity contribution in [2.45, 2.75) is 18.9 Å². The fourth-order valence-corrected chi connectivity index (χ4v) is 3.72. The monoisotopic (exact) mass is 463 g/mol. The summed E-state index contributed by atoms with van der Waals surface area (Å²) in [5.41, 5.74) is 2.90. The van der Waals surface area contributed by atoms with Crippen molar-refractivity contribution in [2.24, 2.45) is 0 Å². The number of ether oxygens (including phenoxy) is 1. The Kier molecular flexibility index (Phi) is 8.43. The van der Waals surface area contributed by atoms with Crippen LogP contribution in [0.1, 0.15) is 16.7 Å². The molecule has 0 aliphatic heterocycles. The fourth-order valence-electron chi connectivity index (χ4n) is 2.59. The molecular weight excluding hydrogens is 444 g/mol. The lowest BCUT2D eigenvalue weighted by atomic mass is 10.2. The first-order chi connectivity index (χ1) is 14.5. The van der Waals surface area contributed by atoms with Crippen molar-refractivity contribution < 1.29 is 13.9 Å². The second kappa shape index (κ2) is 11.3. The predicted molar refractivity (Wildman–Crippen MR) is 122 cm³/mol. The third-order valence-corrected chi connectivity index (χ3v) is 5.96. The lowest BCUT2D eigenvalue weighted by molar-refractivity contribution is -0.118. The molecule has 0 aliphatic rings. The van der Waals surface area contributed by atoms with Gasteiger partial charge < -0.3 is 10.1 Å². The smallest absolute Gasteiger partial charge is 0.230 e. The van der Waals surface area contributed by atoms with Gasteiger partial charge in [0.2, 0.25) is 5.91 Å². The van der Waals surface area contributed by atoms with Crippen LogP contribution in [-0.2, 0) is 23.7 Å². The molecule has 3 aromatic carbocycles. The van der Waals surface area contributed by atoms with Gasteiger partial charge in [-0.3, -0.25) is 4.79 Å². The maximum atomic E-state index is 12.9. The summed E-state index contributed by atoms with van der Waals surface area (Å²) in [5.74, 6) is 1.46. The highest BCUT2D eigenvalue weighted by Crippen LogP contribution is 2.24. The van der Waals surface area contributed by atoms with Crippen molar-refractivity contribution in [1.82, 2.24) is 5.32 Å². The highest BCUT2D eigenvalue weighted by Gasteiger charge is 2.05. The molecule has 0 heterocycles. The number of hydrogen-bond donors (Lipinski definition) is 1. The molecule has 0 atom stereocenters. The van der Waals surface area contributed by atoms with Crippen LogP contribution in [-0.4, -0.2) is 11.7 Å². The molecule has 3 nitrogen and oxygen atoms in total. The molecular formula is C23H20Cl2FNO2S. The number of nitrogens with one attached hydrogen (secondary N) is 1. The number of rotatable bonds is 9. The van der Waals surface area contributed by atoms with E-state index >= 15 is 0 Å². The Morgan fingerprint density at radius 3 is 2.27 bits per heavy atom. The van der Waals surface area contributed by atoms with E-state index in [4.69, 9.17) is 27.9 Å². The Morgan fingerprint density at radius 1 is 0.900 bits per heavy atom. The topological polar surface area (TPSA) is 38.3 Å². The van der Waals surface area contributed by atoms with Crippen LogP contribution in [0.3, 0.4) is 0 Å². The van der Waals surface area contributed by atoms with Crippen LogP contribution in [0, 0.1) is 5.82 Å². The lowest BCUT2D eigenvalue weighted by Crippen LogP contribution is -2.24. The Balaban J connectivity index is 1.37. The number of carbonyl (C=O) groups is 1. The Labute approximate surface area is 189 Å². The highest BCUT2D eigenvalue weighted by molar-refractivity contribution is 7.99. The number of hydrogen-bond acceptors (Lipinski definition) is 3. The van der Waals surface area contributed by atoms with E-state index in [0.29, 0.717) is 40.5 Å². The molecule has 0 radical (unpaired) electrons. The molecule has 0 spiro atoms. The van der Waals surface area contributed by atoms with Gasteiger partial charge in [-0.15, -0.1) is 11.8 Å². The molecule has 7 heteroatoms. The first-order valence-corrected chi connectivity index (χ1v) is 11.2. The van der Waals surface area contributed by atoms with Crippen molar-refractivity contribution in [1.29, 1.82) is 0 Å². The lowest BCUT2D eigenvalue weighted by Gasteiger charge is -2.09. The first kappa shape index (κ1) is 22.5. The van der Waals surface area contributed by atoms with Crippen molar-refractivity contribution >= 4 is 40.9 Å². The molecule has 3 aromatic rings. The summed E-state index contributed by atoms with van der Waals surface area (Å²) in [6.07, 6.45) is 0. The van der Waals surface area contributed by atoms with Crippen molar-refractivity contribution in [3.05, 3.63) is 99.3 Å². The van der Waals surface area contributed by atoms with E-state index in [1.54, 1.807) is 18.2 Å². The molecule has 1 amide bonds. The van der Waals surface area contributed by atoms with Gasteiger partial charge in [0, 0.05) is 12.3 Å². The van der Waals surface area contributed by atoms with Gasteiger partial charge in [0.15, 0.2) is 0 Å². The molecule has 1 N–H and O–H groups in total. The van der Waals surface area contributed by atoms with Gasteiger partial charge in [0.25, 0.3) is 0 Å². The summed E-state index contributed by atoms with van der Waals surface area (Å²) < 4.78 is 18.6. The number of halogens is 3. The average Bonchev–Trinajstić information content (AvgIpc) is 2.75. The summed E-state index contributed by atoms with van der Waals surface area (Å²) in [6, 6.07) is 19.2. The molecule has 0 aliphatic carbocycles. The van der Waals surface area contributed by atoms with E-state index in [2.05, 4.69) is 5.32 Å². The number of thioether (sulfide) groups is 1. The van der Waals surface area contributed by atoms with Crippen molar-refractivity contribution in [2.75, 3.05) is 5.75 Å². The Bertz CT molecular complexity index is 981. The van der Waals surface area contributed by atoms with E-state index in [1.165, 1.54) is 23.9 Å². The molecule has 30 heavy (non-hydrogen) atoms. The van der Waals surface area contributed by atoms with Crippen molar-refractivity contribution in [3.63, 3.8) is 0 Å². The third kappa shape index (κ3) is 7.24. The Morgan fingerprint density at radius 2 is 1.57 bits per heavy atom. The molecule has 156 valence electrons.